The van der Waals surface area contributed by atoms with Crippen LogP contribution in [0.4, 0.5) is 0 Å². The lowest BCUT2D eigenvalue weighted by Gasteiger charge is -2.20. The second-order valence-electron chi connectivity index (χ2n) is 3.08. The van der Waals surface area contributed by atoms with Gasteiger partial charge in [0.05, 0.1) is 12.5 Å². The van der Waals surface area contributed by atoms with Crippen molar-refractivity contribution in [2.24, 2.45) is 11.5 Å². The fourth-order valence-corrected chi connectivity index (χ4v) is 0.771. The van der Waals surface area contributed by atoms with Gasteiger partial charge in [-0.3, -0.25) is 9.59 Å². The smallest absolute Gasteiger partial charge is 0.331 e. The Kier molecular flexibility index (Phi) is 3.72. The molecule has 6 N–H and O–H groups in total. The summed E-state index contributed by atoms with van der Waals surface area (Å²) < 4.78 is 0. The van der Waals surface area contributed by atoms with Crippen LogP contribution in [0.25, 0.3) is 0 Å². The summed E-state index contributed by atoms with van der Waals surface area (Å²) in [5, 5.41) is 16.9. The van der Waals surface area contributed by atoms with Crippen molar-refractivity contribution < 1.29 is 24.6 Å². The number of hydrogen-bond acceptors (Lipinski definition) is 5. The molecule has 0 unspecified atom stereocenters. The van der Waals surface area contributed by atoms with Gasteiger partial charge in [-0.25, -0.2) is 4.79 Å². The Hall–Kier alpha value is -1.47. The van der Waals surface area contributed by atoms with Gasteiger partial charge in [0, 0.05) is 0 Å². The molecule has 0 aromatic carbocycles. The molecular formula is C7H12N2O5. The number of carboxylic acids is 2. The molecule has 2 atom stereocenters. The van der Waals surface area contributed by atoms with Crippen molar-refractivity contribution in [3.05, 3.63) is 0 Å². The van der Waals surface area contributed by atoms with Crippen molar-refractivity contribution in [1.82, 2.24) is 0 Å². The molecule has 0 aromatic heterocycles. The van der Waals surface area contributed by atoms with Crippen molar-refractivity contribution in [1.29, 1.82) is 0 Å². The Labute approximate surface area is 79.7 Å². The fraction of sp³-hybridized carbons (Fsp3) is 0.571. The number of aliphatic carboxylic acids is 2. The SMILES string of the molecule is C[C@@](N)(C(=O)O)C(=O)[C@@H](N)CC(=O)O. The molecule has 7 heteroatoms. The van der Waals surface area contributed by atoms with Gasteiger partial charge in [0.1, 0.15) is 0 Å². The molecule has 0 spiro atoms. The second-order valence-corrected chi connectivity index (χ2v) is 3.08. The highest BCUT2D eigenvalue weighted by atomic mass is 16.4. The number of carbonyl (C=O) groups is 3. The number of Topliss-reactive ketones (excluding diaryl/α,β-unsaturated/α-hetero) is 1. The summed E-state index contributed by atoms with van der Waals surface area (Å²) in [7, 11) is 0. The van der Waals surface area contributed by atoms with Gasteiger partial charge in [-0.15, -0.1) is 0 Å². The van der Waals surface area contributed by atoms with Crippen molar-refractivity contribution >= 4 is 17.7 Å². The summed E-state index contributed by atoms with van der Waals surface area (Å²) >= 11 is 0. The van der Waals surface area contributed by atoms with Gasteiger partial charge in [-0.1, -0.05) is 0 Å². The molecule has 0 aromatic rings. The average molecular weight is 204 g/mol. The molecule has 0 aliphatic carbocycles. The van der Waals surface area contributed by atoms with Crippen molar-refractivity contribution in [2.45, 2.75) is 24.9 Å². The molecule has 0 aliphatic rings. The van der Waals surface area contributed by atoms with Crippen LogP contribution in [0.5, 0.6) is 0 Å². The molecule has 0 radical (unpaired) electrons. The van der Waals surface area contributed by atoms with Crippen LogP contribution in [0.2, 0.25) is 0 Å². The van der Waals surface area contributed by atoms with Crippen LogP contribution in [-0.4, -0.2) is 39.5 Å². The quantitative estimate of drug-likeness (QED) is 0.385. The normalized spacial score (nSPS) is 16.8. The lowest BCUT2D eigenvalue weighted by Crippen LogP contribution is -2.58. The number of ketones is 1. The highest BCUT2D eigenvalue weighted by Gasteiger charge is 2.40. The molecular weight excluding hydrogens is 192 g/mol. The van der Waals surface area contributed by atoms with Gasteiger partial charge in [0.2, 0.25) is 0 Å². The second kappa shape index (κ2) is 4.16. The van der Waals surface area contributed by atoms with E-state index in [1.54, 1.807) is 0 Å². The minimum atomic E-state index is -2.14. The minimum Gasteiger partial charge on any atom is -0.481 e. The van der Waals surface area contributed by atoms with Crippen LogP contribution in [0.1, 0.15) is 13.3 Å². The standard InChI is InChI=1S/C7H12N2O5/c1-7(9,6(13)14)5(12)3(8)2-4(10)11/h3H,2,8-9H2,1H3,(H,10,11)(H,13,14)/t3-,7-/m0/s1. The van der Waals surface area contributed by atoms with E-state index in [2.05, 4.69) is 0 Å². The Morgan fingerprint density at radius 1 is 1.36 bits per heavy atom. The predicted octanol–water partition coefficient (Wildman–Crippen LogP) is -1.84. The van der Waals surface area contributed by atoms with Crippen LogP contribution in [0.15, 0.2) is 0 Å². The topological polar surface area (TPSA) is 144 Å². The largest absolute Gasteiger partial charge is 0.481 e. The van der Waals surface area contributed by atoms with E-state index in [9.17, 15) is 14.4 Å². The number of rotatable bonds is 5. The summed E-state index contributed by atoms with van der Waals surface area (Å²) in [6, 6.07) is -1.40. The van der Waals surface area contributed by atoms with Gasteiger partial charge in [0.25, 0.3) is 0 Å². The lowest BCUT2D eigenvalue weighted by atomic mass is 9.91. The zero-order valence-corrected chi connectivity index (χ0v) is 7.56. The lowest BCUT2D eigenvalue weighted by molar-refractivity contribution is -0.149. The highest BCUT2D eigenvalue weighted by Crippen LogP contribution is 2.06. The van der Waals surface area contributed by atoms with Crippen LogP contribution >= 0.6 is 0 Å². The van der Waals surface area contributed by atoms with E-state index in [1.165, 1.54) is 0 Å². The maximum atomic E-state index is 11.2. The van der Waals surface area contributed by atoms with Gasteiger partial charge in [0.15, 0.2) is 11.3 Å². The van der Waals surface area contributed by atoms with Gasteiger partial charge in [-0.05, 0) is 6.92 Å². The number of hydrogen-bond donors (Lipinski definition) is 4. The first-order chi connectivity index (χ1) is 6.19. The van der Waals surface area contributed by atoms with Crippen LogP contribution < -0.4 is 11.5 Å². The van der Waals surface area contributed by atoms with E-state index in [0.717, 1.165) is 6.92 Å². The van der Waals surface area contributed by atoms with Crippen LogP contribution in [-0.2, 0) is 14.4 Å². The van der Waals surface area contributed by atoms with Crippen molar-refractivity contribution in [3.8, 4) is 0 Å². The first kappa shape index (κ1) is 12.5. The Morgan fingerprint density at radius 2 is 1.79 bits per heavy atom. The van der Waals surface area contributed by atoms with E-state index in [1.807, 2.05) is 0 Å². The van der Waals surface area contributed by atoms with E-state index in [0.29, 0.717) is 0 Å². The summed E-state index contributed by atoms with van der Waals surface area (Å²) in [4.78, 5) is 31.9. The van der Waals surface area contributed by atoms with E-state index in [4.69, 9.17) is 21.7 Å². The van der Waals surface area contributed by atoms with Gasteiger partial charge >= 0.3 is 11.9 Å². The molecule has 80 valence electrons. The Bertz CT molecular complexity index is 273. The summed E-state index contributed by atoms with van der Waals surface area (Å²) in [6.07, 6.45) is -0.640. The third-order valence-corrected chi connectivity index (χ3v) is 1.69. The average Bonchev–Trinajstić information content (AvgIpc) is 2.01. The first-order valence-electron chi connectivity index (χ1n) is 3.73. The zero-order valence-electron chi connectivity index (χ0n) is 7.56. The third-order valence-electron chi connectivity index (χ3n) is 1.69. The van der Waals surface area contributed by atoms with Crippen LogP contribution in [0, 0.1) is 0 Å². The van der Waals surface area contributed by atoms with E-state index in [-0.39, 0.29) is 0 Å². The molecule has 0 aliphatic heterocycles. The first-order valence-corrected chi connectivity index (χ1v) is 3.73. The van der Waals surface area contributed by atoms with Gasteiger partial charge in [-0.2, -0.15) is 0 Å². The maximum Gasteiger partial charge on any atom is 0.331 e. The Balaban J connectivity index is 4.61. The maximum absolute atomic E-state index is 11.2. The summed E-state index contributed by atoms with van der Waals surface area (Å²) in [6.45, 7) is 0.972. The molecule has 0 saturated carbocycles. The molecule has 14 heavy (non-hydrogen) atoms. The summed E-state index contributed by atoms with van der Waals surface area (Å²) in [5.41, 5.74) is 8.18. The molecule has 0 saturated heterocycles. The molecule has 0 amide bonds. The Morgan fingerprint density at radius 3 is 2.07 bits per heavy atom. The minimum absolute atomic E-state index is 0.640. The molecule has 7 nitrogen and oxygen atoms in total. The molecule has 0 heterocycles. The number of carbonyl (C=O) groups excluding carboxylic acids is 1. The van der Waals surface area contributed by atoms with Crippen LogP contribution in [0.3, 0.4) is 0 Å². The number of carboxylic acid groups (broad SMARTS) is 2. The van der Waals surface area contributed by atoms with Gasteiger partial charge < -0.3 is 21.7 Å². The van der Waals surface area contributed by atoms with E-state index >= 15 is 0 Å². The van der Waals surface area contributed by atoms with E-state index < -0.39 is 35.7 Å². The molecule has 0 rings (SSSR count). The fourth-order valence-electron chi connectivity index (χ4n) is 0.771. The molecule has 0 bridgehead atoms. The third kappa shape index (κ3) is 2.79. The highest BCUT2D eigenvalue weighted by molar-refractivity contribution is 6.10. The van der Waals surface area contributed by atoms with Crippen molar-refractivity contribution in [3.63, 3.8) is 0 Å². The predicted molar refractivity (Wildman–Crippen MR) is 45.5 cm³/mol. The summed E-state index contributed by atoms with van der Waals surface area (Å²) in [5.74, 6) is -3.83. The molecule has 0 fully saturated rings. The zero-order chi connectivity index (χ0) is 11.5. The monoisotopic (exact) mass is 204 g/mol. The number of nitrogens with two attached hydrogens (primary N) is 2. The van der Waals surface area contributed by atoms with Crippen molar-refractivity contribution in [2.75, 3.05) is 0 Å².